The van der Waals surface area contributed by atoms with Crippen LogP contribution in [-0.4, -0.2) is 40.2 Å². The number of anilines is 1. The number of ether oxygens (including phenoxy) is 2. The third kappa shape index (κ3) is 3.83. The van der Waals surface area contributed by atoms with E-state index in [1.54, 1.807) is 4.90 Å². The summed E-state index contributed by atoms with van der Waals surface area (Å²) in [6.07, 6.45) is 0.911. The highest BCUT2D eigenvalue weighted by molar-refractivity contribution is 6.30. The largest absolute Gasteiger partial charge is 0.430 e. The summed E-state index contributed by atoms with van der Waals surface area (Å²) in [5.74, 6) is -1.20. The lowest BCUT2D eigenvalue weighted by molar-refractivity contribution is -0.385. The normalized spacial score (nSPS) is 20.1. The Morgan fingerprint density at radius 1 is 1.35 bits per heavy atom. The fraction of sp³-hybridized carbons (Fsp3) is 0.375. The average molecular weight is 383 g/mol. The maximum absolute atomic E-state index is 14.0. The van der Waals surface area contributed by atoms with Gasteiger partial charge in [0.05, 0.1) is 17.1 Å². The molecule has 0 spiro atoms. The van der Waals surface area contributed by atoms with Gasteiger partial charge in [0.1, 0.15) is 6.33 Å². The van der Waals surface area contributed by atoms with Gasteiger partial charge in [-0.3, -0.25) is 10.1 Å². The van der Waals surface area contributed by atoms with Crippen LogP contribution in [0.15, 0.2) is 24.5 Å². The molecule has 2 atom stereocenters. The lowest BCUT2D eigenvalue weighted by atomic mass is 10.2. The first-order valence-electron chi connectivity index (χ1n) is 7.88. The van der Waals surface area contributed by atoms with Gasteiger partial charge in [0.15, 0.2) is 11.6 Å². The second-order valence-electron chi connectivity index (χ2n) is 5.95. The van der Waals surface area contributed by atoms with E-state index >= 15 is 0 Å². The van der Waals surface area contributed by atoms with Gasteiger partial charge in [0, 0.05) is 18.1 Å². The molecule has 0 N–H and O–H groups in total. The Morgan fingerprint density at radius 2 is 2.04 bits per heavy atom. The van der Waals surface area contributed by atoms with Crippen molar-refractivity contribution >= 4 is 23.1 Å². The van der Waals surface area contributed by atoms with Gasteiger partial charge in [-0.05, 0) is 32.0 Å². The summed E-state index contributed by atoms with van der Waals surface area (Å²) >= 11 is 5.71. The zero-order valence-corrected chi connectivity index (χ0v) is 14.8. The van der Waals surface area contributed by atoms with Crippen molar-refractivity contribution in [3.8, 4) is 11.6 Å². The Hall–Kier alpha value is -2.52. The second kappa shape index (κ2) is 7.38. The lowest BCUT2D eigenvalue weighted by Crippen LogP contribution is -2.46. The molecule has 2 unspecified atom stereocenters. The highest BCUT2D eigenvalue weighted by Crippen LogP contribution is 2.37. The van der Waals surface area contributed by atoms with Gasteiger partial charge >= 0.3 is 11.6 Å². The summed E-state index contributed by atoms with van der Waals surface area (Å²) < 4.78 is 25.0. The predicted molar refractivity (Wildman–Crippen MR) is 92.4 cm³/mol. The van der Waals surface area contributed by atoms with Crippen molar-refractivity contribution in [3.63, 3.8) is 0 Å². The van der Waals surface area contributed by atoms with E-state index in [4.69, 9.17) is 21.1 Å². The summed E-state index contributed by atoms with van der Waals surface area (Å²) in [5, 5.41) is 11.8. The molecular formula is C16H16ClFN4O4. The SMILES string of the molecule is CC1CN(c2ncnc(Oc3ccc(Cl)cc3F)c2[N+](=O)[O-])CC(C)O1. The fourth-order valence-corrected chi connectivity index (χ4v) is 2.99. The maximum atomic E-state index is 14.0. The number of hydrogen-bond donors (Lipinski definition) is 0. The number of morpholine rings is 1. The van der Waals surface area contributed by atoms with Crippen molar-refractivity contribution in [2.45, 2.75) is 26.1 Å². The molecule has 138 valence electrons. The Labute approximate surface area is 153 Å². The molecule has 1 fully saturated rings. The Balaban J connectivity index is 2.00. The van der Waals surface area contributed by atoms with Gasteiger partial charge in [-0.2, -0.15) is 4.98 Å². The van der Waals surface area contributed by atoms with Crippen LogP contribution in [0.1, 0.15) is 13.8 Å². The van der Waals surface area contributed by atoms with Crippen LogP contribution < -0.4 is 9.64 Å². The lowest BCUT2D eigenvalue weighted by Gasteiger charge is -2.35. The van der Waals surface area contributed by atoms with E-state index in [0.29, 0.717) is 13.1 Å². The molecule has 1 aliphatic heterocycles. The molecule has 1 aliphatic rings. The zero-order valence-electron chi connectivity index (χ0n) is 14.1. The van der Waals surface area contributed by atoms with E-state index in [1.807, 2.05) is 13.8 Å². The van der Waals surface area contributed by atoms with Crippen LogP contribution in [0, 0.1) is 15.9 Å². The van der Waals surface area contributed by atoms with Crippen LogP contribution in [0.4, 0.5) is 15.9 Å². The number of nitrogens with zero attached hydrogens (tertiary/aromatic N) is 4. The molecule has 1 aromatic heterocycles. The topological polar surface area (TPSA) is 90.6 Å². The first-order valence-corrected chi connectivity index (χ1v) is 8.25. The Kier molecular flexibility index (Phi) is 5.19. The molecule has 0 saturated carbocycles. The smallest absolute Gasteiger partial charge is 0.373 e. The van der Waals surface area contributed by atoms with Crippen LogP contribution in [0.5, 0.6) is 11.6 Å². The zero-order chi connectivity index (χ0) is 18.8. The number of rotatable bonds is 4. The van der Waals surface area contributed by atoms with E-state index in [2.05, 4.69) is 9.97 Å². The molecule has 0 aliphatic carbocycles. The molecule has 1 aromatic carbocycles. The van der Waals surface area contributed by atoms with Crippen molar-refractivity contribution in [1.29, 1.82) is 0 Å². The van der Waals surface area contributed by atoms with E-state index < -0.39 is 16.4 Å². The van der Waals surface area contributed by atoms with Gasteiger partial charge in [-0.15, -0.1) is 0 Å². The minimum absolute atomic E-state index is 0.108. The van der Waals surface area contributed by atoms with Gasteiger partial charge < -0.3 is 14.4 Å². The molecule has 1 saturated heterocycles. The van der Waals surface area contributed by atoms with E-state index in [0.717, 1.165) is 12.4 Å². The minimum atomic E-state index is -0.749. The Morgan fingerprint density at radius 3 is 2.65 bits per heavy atom. The first-order chi connectivity index (χ1) is 12.3. The van der Waals surface area contributed by atoms with Gasteiger partial charge in [-0.1, -0.05) is 11.6 Å². The van der Waals surface area contributed by atoms with E-state index in [9.17, 15) is 14.5 Å². The van der Waals surface area contributed by atoms with Gasteiger partial charge in [0.25, 0.3) is 0 Å². The maximum Gasteiger partial charge on any atom is 0.373 e. The van der Waals surface area contributed by atoms with Crippen LogP contribution in [0.25, 0.3) is 0 Å². The predicted octanol–water partition coefficient (Wildman–Crippen LogP) is 3.58. The molecule has 8 nitrogen and oxygen atoms in total. The fourth-order valence-electron chi connectivity index (χ4n) is 2.83. The molecule has 0 radical (unpaired) electrons. The molecule has 3 rings (SSSR count). The quantitative estimate of drug-likeness (QED) is 0.589. The number of benzene rings is 1. The van der Waals surface area contributed by atoms with Crippen molar-refractivity contribution in [2.24, 2.45) is 0 Å². The minimum Gasteiger partial charge on any atom is -0.430 e. The number of aromatic nitrogens is 2. The third-order valence-corrected chi connectivity index (χ3v) is 4.01. The Bertz CT molecular complexity index is 828. The number of nitro groups is 1. The third-order valence-electron chi connectivity index (χ3n) is 3.77. The molecule has 26 heavy (non-hydrogen) atoms. The van der Waals surface area contributed by atoms with Crippen molar-refractivity contribution < 1.29 is 18.8 Å². The van der Waals surface area contributed by atoms with Gasteiger partial charge in [-0.25, -0.2) is 9.37 Å². The molecule has 0 bridgehead atoms. The van der Waals surface area contributed by atoms with Crippen LogP contribution in [-0.2, 0) is 4.74 Å². The van der Waals surface area contributed by atoms with Gasteiger partial charge in [0.2, 0.25) is 5.82 Å². The second-order valence-corrected chi connectivity index (χ2v) is 6.38. The van der Waals surface area contributed by atoms with Crippen LogP contribution in [0.3, 0.4) is 0 Å². The number of halogens is 2. The molecule has 0 amide bonds. The summed E-state index contributed by atoms with van der Waals surface area (Å²) in [7, 11) is 0. The number of hydrogen-bond acceptors (Lipinski definition) is 7. The van der Waals surface area contributed by atoms with Crippen LogP contribution in [0.2, 0.25) is 5.02 Å². The summed E-state index contributed by atoms with van der Waals surface area (Å²) in [6, 6.07) is 3.75. The summed E-state index contributed by atoms with van der Waals surface area (Å²) in [5.41, 5.74) is -0.428. The molecular weight excluding hydrogens is 367 g/mol. The van der Waals surface area contributed by atoms with E-state index in [1.165, 1.54) is 12.1 Å². The van der Waals surface area contributed by atoms with Crippen molar-refractivity contribution in [1.82, 2.24) is 9.97 Å². The molecule has 2 aromatic rings. The highest BCUT2D eigenvalue weighted by atomic mass is 35.5. The highest BCUT2D eigenvalue weighted by Gasteiger charge is 2.33. The van der Waals surface area contributed by atoms with Crippen LogP contribution >= 0.6 is 11.6 Å². The molecule has 2 heterocycles. The van der Waals surface area contributed by atoms with E-state index in [-0.39, 0.29) is 34.7 Å². The monoisotopic (exact) mass is 382 g/mol. The van der Waals surface area contributed by atoms with Crippen molar-refractivity contribution in [3.05, 3.63) is 45.5 Å². The standard InChI is InChI=1S/C16H16ClFN4O4/c1-9-6-21(7-10(2)25-9)15-14(22(23)24)16(20-8-19-15)26-13-4-3-11(17)5-12(13)18/h3-5,8-10H,6-7H2,1-2H3. The summed E-state index contributed by atoms with van der Waals surface area (Å²) in [6.45, 7) is 4.60. The van der Waals surface area contributed by atoms with Crippen molar-refractivity contribution in [2.75, 3.05) is 18.0 Å². The summed E-state index contributed by atoms with van der Waals surface area (Å²) in [4.78, 5) is 20.6. The first kappa shape index (κ1) is 18.3. The molecule has 10 heteroatoms. The average Bonchev–Trinajstić information content (AvgIpc) is 2.56.